The fourth-order valence-electron chi connectivity index (χ4n) is 1.58. The lowest BCUT2D eigenvalue weighted by Gasteiger charge is -2.19. The first kappa shape index (κ1) is 8.07. The van der Waals surface area contributed by atoms with Gasteiger partial charge in [-0.15, -0.1) is 0 Å². The van der Waals surface area contributed by atoms with Gasteiger partial charge in [0.05, 0.1) is 11.8 Å². The molecule has 1 N–H and O–H groups in total. The van der Waals surface area contributed by atoms with Gasteiger partial charge in [0.15, 0.2) is 0 Å². The predicted molar refractivity (Wildman–Crippen MR) is 46.0 cm³/mol. The molecule has 0 bridgehead atoms. The molecule has 4 nitrogen and oxygen atoms in total. The average Bonchev–Trinajstić information content (AvgIpc) is 2.61. The minimum atomic E-state index is -0.0753. The molecule has 66 valence electrons. The monoisotopic (exact) mass is 186 g/mol. The number of nitrogens with one attached hydrogen (secondary N) is 1. The van der Waals surface area contributed by atoms with Crippen molar-refractivity contribution in [3.8, 4) is 0 Å². The lowest BCUT2D eigenvalue weighted by atomic mass is 10.2. The average molecular weight is 186 g/mol. The number of carbonyl (C=O) groups is 2. The van der Waals surface area contributed by atoms with E-state index in [9.17, 15) is 9.59 Å². The third-order valence-corrected chi connectivity index (χ3v) is 3.02. The second kappa shape index (κ2) is 3.06. The van der Waals surface area contributed by atoms with Crippen LogP contribution >= 0.6 is 11.8 Å². The maximum absolute atomic E-state index is 11.2. The summed E-state index contributed by atoms with van der Waals surface area (Å²) < 4.78 is 0. The van der Waals surface area contributed by atoms with Crippen molar-refractivity contribution in [2.24, 2.45) is 0 Å². The van der Waals surface area contributed by atoms with Gasteiger partial charge in [0, 0.05) is 6.54 Å². The van der Waals surface area contributed by atoms with Crippen LogP contribution in [0.3, 0.4) is 0 Å². The largest absolute Gasteiger partial charge is 0.315 e. The van der Waals surface area contributed by atoms with E-state index in [1.807, 2.05) is 0 Å². The Bertz CT molecular complexity index is 209. The van der Waals surface area contributed by atoms with Crippen molar-refractivity contribution in [2.45, 2.75) is 12.5 Å². The van der Waals surface area contributed by atoms with Crippen molar-refractivity contribution < 1.29 is 9.59 Å². The van der Waals surface area contributed by atoms with E-state index in [1.54, 1.807) is 0 Å². The highest BCUT2D eigenvalue weighted by atomic mass is 32.2. The highest BCUT2D eigenvalue weighted by Gasteiger charge is 2.36. The Morgan fingerprint density at radius 1 is 1.50 bits per heavy atom. The number of hydrogen-bond donors (Lipinski definition) is 1. The van der Waals surface area contributed by atoms with Crippen LogP contribution in [0, 0.1) is 0 Å². The summed E-state index contributed by atoms with van der Waals surface area (Å²) in [5.41, 5.74) is 0. The van der Waals surface area contributed by atoms with E-state index in [0.717, 1.165) is 31.3 Å². The van der Waals surface area contributed by atoms with Crippen LogP contribution in [-0.4, -0.2) is 40.9 Å². The third kappa shape index (κ3) is 1.23. The quantitative estimate of drug-likeness (QED) is 0.628. The van der Waals surface area contributed by atoms with E-state index in [-0.39, 0.29) is 17.2 Å². The number of rotatable bonds is 1. The van der Waals surface area contributed by atoms with Crippen LogP contribution < -0.4 is 5.32 Å². The highest BCUT2D eigenvalue weighted by Crippen LogP contribution is 2.23. The van der Waals surface area contributed by atoms with E-state index >= 15 is 0 Å². The van der Waals surface area contributed by atoms with Gasteiger partial charge in [-0.2, -0.15) is 0 Å². The summed E-state index contributed by atoms with van der Waals surface area (Å²) in [6.07, 6.45) is 0.901. The van der Waals surface area contributed by atoms with Crippen molar-refractivity contribution in [2.75, 3.05) is 18.8 Å². The van der Waals surface area contributed by atoms with Crippen molar-refractivity contribution in [1.82, 2.24) is 10.2 Å². The highest BCUT2D eigenvalue weighted by molar-refractivity contribution is 8.14. The van der Waals surface area contributed by atoms with Gasteiger partial charge in [-0.1, -0.05) is 11.8 Å². The first-order chi connectivity index (χ1) is 5.79. The van der Waals surface area contributed by atoms with Gasteiger partial charge in [-0.05, 0) is 13.0 Å². The molecule has 2 saturated heterocycles. The van der Waals surface area contributed by atoms with Gasteiger partial charge in [0.25, 0.3) is 5.24 Å². The Balaban J connectivity index is 2.09. The number of hydrogen-bond acceptors (Lipinski definition) is 4. The second-order valence-electron chi connectivity index (χ2n) is 2.96. The van der Waals surface area contributed by atoms with Crippen molar-refractivity contribution in [3.63, 3.8) is 0 Å². The zero-order valence-corrected chi connectivity index (χ0v) is 7.39. The molecule has 0 aromatic rings. The minimum Gasteiger partial charge on any atom is -0.315 e. The van der Waals surface area contributed by atoms with E-state index in [0.29, 0.717) is 5.75 Å². The lowest BCUT2D eigenvalue weighted by molar-refractivity contribution is -0.125. The van der Waals surface area contributed by atoms with E-state index in [4.69, 9.17) is 0 Å². The SMILES string of the molecule is O=C1CSC(=O)N1[C@H]1CCNC1. The van der Waals surface area contributed by atoms with Crippen LogP contribution in [0.15, 0.2) is 0 Å². The molecule has 0 unspecified atom stereocenters. The number of nitrogens with zero attached hydrogens (tertiary/aromatic N) is 1. The zero-order chi connectivity index (χ0) is 8.55. The Kier molecular flexibility index (Phi) is 2.06. The van der Waals surface area contributed by atoms with Crippen molar-refractivity contribution in [3.05, 3.63) is 0 Å². The molecule has 0 saturated carbocycles. The van der Waals surface area contributed by atoms with Crippen LogP contribution in [-0.2, 0) is 4.79 Å². The van der Waals surface area contributed by atoms with Crippen LogP contribution in [0.25, 0.3) is 0 Å². The lowest BCUT2D eigenvalue weighted by Crippen LogP contribution is -2.40. The molecule has 2 rings (SSSR count). The molecular formula is C7H10N2O2S. The topological polar surface area (TPSA) is 49.4 Å². The molecule has 2 aliphatic heterocycles. The fraction of sp³-hybridized carbons (Fsp3) is 0.714. The smallest absolute Gasteiger partial charge is 0.289 e. The van der Waals surface area contributed by atoms with E-state index < -0.39 is 0 Å². The number of imide groups is 1. The summed E-state index contributed by atoms with van der Waals surface area (Å²) in [6, 6.07) is 0.111. The number of carbonyl (C=O) groups excluding carboxylic acids is 2. The Hall–Kier alpha value is -0.550. The molecule has 0 spiro atoms. The van der Waals surface area contributed by atoms with E-state index in [1.165, 1.54) is 4.90 Å². The summed E-state index contributed by atoms with van der Waals surface area (Å²) in [4.78, 5) is 23.8. The minimum absolute atomic E-state index is 0.0290. The molecule has 1 atom stereocenters. The molecule has 2 aliphatic rings. The fourth-order valence-corrected chi connectivity index (χ4v) is 2.35. The first-order valence-electron chi connectivity index (χ1n) is 3.98. The van der Waals surface area contributed by atoms with Crippen LogP contribution in [0.1, 0.15) is 6.42 Å². The number of thioether (sulfide) groups is 1. The molecule has 12 heavy (non-hydrogen) atoms. The van der Waals surface area contributed by atoms with Crippen LogP contribution in [0.2, 0.25) is 0 Å². The van der Waals surface area contributed by atoms with Gasteiger partial charge >= 0.3 is 0 Å². The Morgan fingerprint density at radius 2 is 2.33 bits per heavy atom. The standard InChI is InChI=1S/C7H10N2O2S/c10-6-4-12-7(11)9(6)5-1-2-8-3-5/h5,8H,1-4H2/t5-/m0/s1. The molecule has 2 heterocycles. The molecule has 5 heteroatoms. The van der Waals surface area contributed by atoms with Crippen LogP contribution in [0.5, 0.6) is 0 Å². The molecule has 0 aliphatic carbocycles. The Labute approximate surface area is 74.7 Å². The summed E-state index contributed by atoms with van der Waals surface area (Å²) >= 11 is 1.11. The van der Waals surface area contributed by atoms with E-state index in [2.05, 4.69) is 5.32 Å². The molecule has 0 radical (unpaired) electrons. The number of amides is 2. The Morgan fingerprint density at radius 3 is 2.83 bits per heavy atom. The first-order valence-corrected chi connectivity index (χ1v) is 4.97. The second-order valence-corrected chi connectivity index (χ2v) is 3.89. The molecule has 0 aromatic carbocycles. The van der Waals surface area contributed by atoms with Gasteiger partial charge < -0.3 is 5.32 Å². The van der Waals surface area contributed by atoms with Crippen molar-refractivity contribution in [1.29, 1.82) is 0 Å². The molecule has 0 aromatic heterocycles. The maximum Gasteiger partial charge on any atom is 0.289 e. The van der Waals surface area contributed by atoms with Gasteiger partial charge in [0.1, 0.15) is 0 Å². The maximum atomic E-state index is 11.2. The van der Waals surface area contributed by atoms with Gasteiger partial charge in [0.2, 0.25) is 5.91 Å². The van der Waals surface area contributed by atoms with Gasteiger partial charge in [-0.3, -0.25) is 14.5 Å². The predicted octanol–water partition coefficient (Wildman–Crippen LogP) is 0.0437. The zero-order valence-electron chi connectivity index (χ0n) is 6.58. The summed E-state index contributed by atoms with van der Waals surface area (Å²) in [5, 5.41) is 3.06. The third-order valence-electron chi connectivity index (χ3n) is 2.18. The molecule has 2 amide bonds. The summed E-state index contributed by atoms with van der Waals surface area (Å²) in [7, 11) is 0. The van der Waals surface area contributed by atoms with Gasteiger partial charge in [-0.25, -0.2) is 0 Å². The molecule has 2 fully saturated rings. The molecular weight excluding hydrogens is 176 g/mol. The van der Waals surface area contributed by atoms with Crippen LogP contribution in [0.4, 0.5) is 4.79 Å². The summed E-state index contributed by atoms with van der Waals surface area (Å²) in [5.74, 6) is 0.300. The van der Waals surface area contributed by atoms with Crippen molar-refractivity contribution >= 4 is 22.9 Å². The normalized spacial score (nSPS) is 30.3. The summed E-state index contributed by atoms with van der Waals surface area (Å²) in [6.45, 7) is 1.67.